The standard InChI is InChI=1S/C65H70N4/c1-44-37-52-56(68(11)60(64(52,7)42-46-25-15-13-16-26-46)35-23-33-58-62(3,4)50-29-19-21-31-54(50)66(58)9)40-48(44)39-49-41-57-53(38-45(49)2)65(8,43-47-27-17-14-18-28-47)61(69(57)12)36-24-34-59-63(5,6)51-30-20-22-32-55(51)67(59)10/h13-38,40-41H,39,42-43H2,1-12H3/q+2. The monoisotopic (exact) mass is 907 g/mol. The Morgan fingerprint density at radius 1 is 0.464 bits per heavy atom. The van der Waals surface area contributed by atoms with E-state index in [1.54, 1.807) is 0 Å². The third-order valence-corrected chi connectivity index (χ3v) is 16.8. The van der Waals surface area contributed by atoms with Gasteiger partial charge in [0.2, 0.25) is 11.4 Å². The maximum atomic E-state index is 2.51. The third-order valence-electron chi connectivity index (χ3n) is 16.8. The highest BCUT2D eigenvalue weighted by Gasteiger charge is 2.49. The van der Waals surface area contributed by atoms with Crippen LogP contribution in [0.4, 0.5) is 22.7 Å². The highest BCUT2D eigenvalue weighted by Crippen LogP contribution is 2.50. The van der Waals surface area contributed by atoms with Crippen LogP contribution >= 0.6 is 0 Å². The van der Waals surface area contributed by atoms with E-state index in [1.165, 1.54) is 101 Å². The smallest absolute Gasteiger partial charge is 0.209 e. The highest BCUT2D eigenvalue weighted by molar-refractivity contribution is 6.05. The zero-order valence-corrected chi connectivity index (χ0v) is 43.1. The van der Waals surface area contributed by atoms with Gasteiger partial charge in [-0.1, -0.05) is 137 Å². The van der Waals surface area contributed by atoms with Crippen molar-refractivity contribution in [2.45, 2.75) is 96.3 Å². The molecule has 0 N–H and O–H groups in total. The number of hydrogen-bond acceptors (Lipinski definition) is 2. The number of benzene rings is 6. The van der Waals surface area contributed by atoms with Gasteiger partial charge in [0.15, 0.2) is 11.4 Å². The molecule has 348 valence electrons. The Kier molecular flexibility index (Phi) is 11.3. The number of aryl methyl sites for hydroxylation is 2. The van der Waals surface area contributed by atoms with Crippen molar-refractivity contribution in [2.24, 2.45) is 0 Å². The van der Waals surface area contributed by atoms with Gasteiger partial charge in [0, 0.05) is 83.1 Å². The maximum absolute atomic E-state index is 2.51. The first-order chi connectivity index (χ1) is 32.9. The Morgan fingerprint density at radius 2 is 0.826 bits per heavy atom. The van der Waals surface area contributed by atoms with Gasteiger partial charge in [0.1, 0.15) is 14.1 Å². The molecule has 0 aromatic heterocycles. The minimum absolute atomic E-state index is 0.0825. The normalized spacial score (nSPS) is 22.2. The summed E-state index contributed by atoms with van der Waals surface area (Å²) in [4.78, 5) is 4.73. The SMILES string of the molecule is Cc1cc2c(cc1Cc1cc3c(cc1C)C(C)(Cc1ccccc1)C(/C=C/C=C1/N(C)c4ccccc4C1(C)C)=[N+]3C)[N+](C)=C(/C=C/C=C1/N(C)c3ccccc3C1(C)C)C2(C)Cc1ccccc1. The van der Waals surface area contributed by atoms with Gasteiger partial charge in [-0.15, -0.1) is 0 Å². The molecule has 4 heteroatoms. The Morgan fingerprint density at radius 3 is 1.20 bits per heavy atom. The van der Waals surface area contributed by atoms with E-state index in [2.05, 4.69) is 272 Å². The van der Waals surface area contributed by atoms with Gasteiger partial charge in [-0.3, -0.25) is 0 Å². The lowest BCUT2D eigenvalue weighted by molar-refractivity contribution is -0.401. The molecular weight excluding hydrogens is 837 g/mol. The number of nitrogens with zero attached hydrogens (tertiary/aromatic N) is 4. The van der Waals surface area contributed by atoms with Crippen LogP contribution < -0.4 is 9.80 Å². The molecule has 0 aliphatic carbocycles. The first-order valence-corrected chi connectivity index (χ1v) is 25.0. The zero-order chi connectivity index (χ0) is 48.6. The number of para-hydroxylation sites is 2. The number of fused-ring (bicyclic) bond motifs is 4. The van der Waals surface area contributed by atoms with Crippen molar-refractivity contribution < 1.29 is 9.15 Å². The Hall–Kier alpha value is -6.78. The van der Waals surface area contributed by atoms with Crippen molar-refractivity contribution >= 4 is 34.2 Å². The lowest BCUT2D eigenvalue weighted by Gasteiger charge is -2.24. The Balaban J connectivity index is 1.02. The quantitative estimate of drug-likeness (QED) is 0.127. The van der Waals surface area contributed by atoms with Crippen molar-refractivity contribution in [3.63, 3.8) is 0 Å². The molecule has 0 spiro atoms. The number of anilines is 2. The number of hydrogen-bond donors (Lipinski definition) is 0. The molecule has 6 aromatic rings. The van der Waals surface area contributed by atoms with Crippen LogP contribution in [0.15, 0.2) is 181 Å². The van der Waals surface area contributed by atoms with Crippen LogP contribution in [0.1, 0.15) is 97.2 Å². The van der Waals surface area contributed by atoms with Crippen LogP contribution in [-0.4, -0.2) is 48.8 Å². The van der Waals surface area contributed by atoms with Gasteiger partial charge in [-0.2, -0.15) is 9.15 Å². The fraction of sp³-hybridized carbons (Fsp3) is 0.292. The van der Waals surface area contributed by atoms with E-state index in [4.69, 9.17) is 0 Å². The second-order valence-electron chi connectivity index (χ2n) is 21.9. The Labute approximate surface area is 412 Å². The molecule has 4 nitrogen and oxygen atoms in total. The van der Waals surface area contributed by atoms with Crippen LogP contribution in [0, 0.1) is 13.8 Å². The molecule has 0 saturated heterocycles. The lowest BCUT2D eigenvalue weighted by Crippen LogP contribution is -2.33. The van der Waals surface area contributed by atoms with E-state index in [9.17, 15) is 0 Å². The van der Waals surface area contributed by atoms with Crippen LogP contribution in [-0.2, 0) is 40.9 Å². The summed E-state index contributed by atoms with van der Waals surface area (Å²) in [7, 11) is 8.96. The van der Waals surface area contributed by atoms with E-state index in [0.29, 0.717) is 0 Å². The summed E-state index contributed by atoms with van der Waals surface area (Å²) in [5.41, 5.74) is 23.5. The van der Waals surface area contributed by atoms with Gasteiger partial charge in [0.05, 0.1) is 10.8 Å². The van der Waals surface area contributed by atoms with Crippen molar-refractivity contribution in [3.8, 4) is 0 Å². The molecule has 0 saturated carbocycles. The van der Waals surface area contributed by atoms with Crippen molar-refractivity contribution in [1.29, 1.82) is 0 Å². The lowest BCUT2D eigenvalue weighted by atomic mass is 9.73. The molecule has 4 aliphatic rings. The molecule has 0 radical (unpaired) electrons. The third kappa shape index (κ3) is 7.50. The predicted octanol–water partition coefficient (Wildman–Crippen LogP) is 14.1. The summed E-state index contributed by atoms with van der Waals surface area (Å²) < 4.78 is 4.94. The average Bonchev–Trinajstić information content (AvgIpc) is 3.83. The van der Waals surface area contributed by atoms with E-state index in [1.807, 2.05) is 0 Å². The highest BCUT2D eigenvalue weighted by atomic mass is 15.2. The van der Waals surface area contributed by atoms with E-state index in [0.717, 1.165) is 19.3 Å². The number of likely N-dealkylation sites (N-methyl/N-ethyl adjacent to an activating group) is 2. The minimum Gasteiger partial charge on any atom is -0.347 e. The second kappa shape index (κ2) is 17.0. The predicted molar refractivity (Wildman–Crippen MR) is 292 cm³/mol. The molecule has 6 aromatic carbocycles. The summed E-state index contributed by atoms with van der Waals surface area (Å²) in [6.07, 6.45) is 16.7. The molecule has 2 unspecified atom stereocenters. The summed E-state index contributed by atoms with van der Waals surface area (Å²) in [6.45, 7) is 18.9. The topological polar surface area (TPSA) is 12.5 Å². The van der Waals surface area contributed by atoms with E-state index >= 15 is 0 Å². The molecule has 4 aliphatic heterocycles. The van der Waals surface area contributed by atoms with E-state index < -0.39 is 0 Å². The Bertz CT molecular complexity index is 3010. The molecule has 2 atom stereocenters. The first-order valence-electron chi connectivity index (χ1n) is 25.0. The summed E-state index contributed by atoms with van der Waals surface area (Å²) in [5, 5.41) is 0. The van der Waals surface area contributed by atoms with Crippen LogP contribution in [0.2, 0.25) is 0 Å². The van der Waals surface area contributed by atoms with Crippen molar-refractivity contribution in [3.05, 3.63) is 237 Å². The maximum Gasteiger partial charge on any atom is 0.209 e. The van der Waals surface area contributed by atoms with Crippen LogP contribution in [0.5, 0.6) is 0 Å². The fourth-order valence-electron chi connectivity index (χ4n) is 12.8. The van der Waals surface area contributed by atoms with Gasteiger partial charge in [-0.25, -0.2) is 0 Å². The van der Waals surface area contributed by atoms with Gasteiger partial charge >= 0.3 is 0 Å². The summed E-state index contributed by atoms with van der Waals surface area (Å²) in [6, 6.07) is 49.7. The first kappa shape index (κ1) is 46.0. The minimum atomic E-state index is -0.220. The largest absolute Gasteiger partial charge is 0.347 e. The van der Waals surface area contributed by atoms with Gasteiger partial charge < -0.3 is 9.80 Å². The fourth-order valence-corrected chi connectivity index (χ4v) is 12.8. The molecule has 4 heterocycles. The number of allylic oxidation sites excluding steroid dienone is 8. The molecular formula is C65H70N4+2. The summed E-state index contributed by atoms with van der Waals surface area (Å²) >= 11 is 0. The van der Waals surface area contributed by atoms with Gasteiger partial charge in [0.25, 0.3) is 0 Å². The van der Waals surface area contributed by atoms with E-state index in [-0.39, 0.29) is 21.7 Å². The van der Waals surface area contributed by atoms with Crippen LogP contribution in [0.3, 0.4) is 0 Å². The average molecular weight is 907 g/mol. The van der Waals surface area contributed by atoms with Gasteiger partial charge in [-0.05, 0) is 128 Å². The second-order valence-corrected chi connectivity index (χ2v) is 21.9. The molecule has 0 amide bonds. The van der Waals surface area contributed by atoms with Crippen molar-refractivity contribution in [2.75, 3.05) is 38.0 Å². The zero-order valence-electron chi connectivity index (χ0n) is 43.1. The molecule has 10 rings (SSSR count). The summed E-state index contributed by atoms with van der Waals surface area (Å²) in [5.74, 6) is 0. The number of rotatable bonds is 10. The molecule has 0 bridgehead atoms. The van der Waals surface area contributed by atoms with Crippen LogP contribution in [0.25, 0.3) is 0 Å². The molecule has 69 heavy (non-hydrogen) atoms. The van der Waals surface area contributed by atoms with Crippen molar-refractivity contribution in [1.82, 2.24) is 0 Å². The molecule has 0 fully saturated rings.